The number of aromatic nitrogens is 2. The van der Waals surface area contributed by atoms with E-state index in [-0.39, 0.29) is 11.5 Å². The molecule has 124 valence electrons. The molecule has 1 aromatic heterocycles. The number of benzene rings is 2. The van der Waals surface area contributed by atoms with Crippen molar-refractivity contribution in [3.05, 3.63) is 86.8 Å². The molecule has 0 amide bonds. The van der Waals surface area contributed by atoms with Crippen LogP contribution < -0.4 is 5.56 Å². The lowest BCUT2D eigenvalue weighted by Crippen LogP contribution is -2.05. The predicted molar refractivity (Wildman–Crippen MR) is 103 cm³/mol. The highest BCUT2D eigenvalue weighted by Crippen LogP contribution is 2.33. The summed E-state index contributed by atoms with van der Waals surface area (Å²) in [5, 5.41) is 5.79. The van der Waals surface area contributed by atoms with Gasteiger partial charge in [0.15, 0.2) is 0 Å². The second kappa shape index (κ2) is 6.06. The highest BCUT2D eigenvalue weighted by molar-refractivity contribution is 6.21. The Bertz CT molecular complexity index is 1040. The molecule has 4 rings (SSSR count). The SMILES string of the molecule is Cc1ccc(C(C)c2[nH][nH]c(=O)c2C=C2C=Nc3ccccc32)cc1. The third kappa shape index (κ3) is 2.76. The van der Waals surface area contributed by atoms with E-state index in [1.165, 1.54) is 11.1 Å². The van der Waals surface area contributed by atoms with E-state index in [2.05, 4.69) is 53.3 Å². The van der Waals surface area contributed by atoms with Crippen molar-refractivity contribution in [1.29, 1.82) is 0 Å². The first-order valence-electron chi connectivity index (χ1n) is 8.36. The topological polar surface area (TPSA) is 61.0 Å². The van der Waals surface area contributed by atoms with Crippen LogP contribution >= 0.6 is 0 Å². The Kier molecular flexibility index (Phi) is 3.73. The monoisotopic (exact) mass is 329 g/mol. The Balaban J connectivity index is 1.77. The zero-order chi connectivity index (χ0) is 17.4. The third-order valence-corrected chi connectivity index (χ3v) is 4.71. The molecule has 1 atom stereocenters. The lowest BCUT2D eigenvalue weighted by molar-refractivity contribution is 0.850. The molecule has 4 heteroatoms. The summed E-state index contributed by atoms with van der Waals surface area (Å²) in [5.74, 6) is 0.0833. The summed E-state index contributed by atoms with van der Waals surface area (Å²) >= 11 is 0. The molecule has 0 spiro atoms. The van der Waals surface area contributed by atoms with E-state index >= 15 is 0 Å². The largest absolute Gasteiger partial charge is 0.301 e. The lowest BCUT2D eigenvalue weighted by atomic mass is 9.93. The molecule has 2 N–H and O–H groups in total. The fourth-order valence-electron chi connectivity index (χ4n) is 3.20. The highest BCUT2D eigenvalue weighted by atomic mass is 16.1. The standard InChI is InChI=1S/C21H19N3O/c1-13-7-9-15(10-8-13)14(2)20-18(21(25)24-23-20)11-16-12-22-19-6-4-3-5-17(16)19/h3-12,14H,1-2H3,(H2,23,24,25). The van der Waals surface area contributed by atoms with Gasteiger partial charge >= 0.3 is 0 Å². The van der Waals surface area contributed by atoms with Crippen LogP contribution in [0, 0.1) is 6.92 Å². The van der Waals surface area contributed by atoms with Crippen molar-refractivity contribution >= 4 is 23.6 Å². The number of fused-ring (bicyclic) bond motifs is 1. The normalized spacial score (nSPS) is 15.5. The van der Waals surface area contributed by atoms with Crippen LogP contribution in [-0.4, -0.2) is 16.4 Å². The number of H-pyrrole nitrogens is 2. The van der Waals surface area contributed by atoms with Gasteiger partial charge in [-0.1, -0.05) is 55.0 Å². The minimum Gasteiger partial charge on any atom is -0.301 e. The van der Waals surface area contributed by atoms with E-state index in [1.807, 2.05) is 36.6 Å². The molecule has 0 aliphatic carbocycles. The van der Waals surface area contributed by atoms with E-state index in [1.54, 1.807) is 0 Å². The number of aromatic amines is 2. The first-order valence-corrected chi connectivity index (χ1v) is 8.36. The first-order chi connectivity index (χ1) is 12.1. The molecule has 0 fully saturated rings. The van der Waals surface area contributed by atoms with Crippen LogP contribution in [-0.2, 0) is 0 Å². The Morgan fingerprint density at radius 3 is 2.60 bits per heavy atom. The second-order valence-electron chi connectivity index (χ2n) is 6.41. The number of rotatable bonds is 3. The quantitative estimate of drug-likeness (QED) is 0.734. The van der Waals surface area contributed by atoms with Gasteiger partial charge in [0.05, 0.1) is 16.9 Å². The third-order valence-electron chi connectivity index (χ3n) is 4.71. The Labute approximate surface area is 145 Å². The number of nitrogens with one attached hydrogen (secondary N) is 2. The molecule has 0 bridgehead atoms. The second-order valence-corrected chi connectivity index (χ2v) is 6.41. The Hall–Kier alpha value is -3.14. The van der Waals surface area contributed by atoms with E-state index < -0.39 is 0 Å². The molecule has 1 aliphatic rings. The van der Waals surface area contributed by atoms with Crippen LogP contribution in [0.5, 0.6) is 0 Å². The molecule has 0 saturated carbocycles. The van der Waals surface area contributed by atoms with Gasteiger partial charge in [-0.3, -0.25) is 14.9 Å². The summed E-state index contributed by atoms with van der Waals surface area (Å²) in [6.07, 6.45) is 3.74. The maximum atomic E-state index is 12.4. The summed E-state index contributed by atoms with van der Waals surface area (Å²) in [7, 11) is 0. The lowest BCUT2D eigenvalue weighted by Gasteiger charge is -2.11. The van der Waals surface area contributed by atoms with Crippen molar-refractivity contribution in [2.24, 2.45) is 4.99 Å². The molecule has 25 heavy (non-hydrogen) atoms. The fraction of sp³-hybridized carbons (Fsp3) is 0.143. The van der Waals surface area contributed by atoms with Crippen LogP contribution in [0.15, 0.2) is 58.3 Å². The Morgan fingerprint density at radius 1 is 1.04 bits per heavy atom. The summed E-state index contributed by atoms with van der Waals surface area (Å²) in [6.45, 7) is 4.17. The molecule has 1 aliphatic heterocycles. The van der Waals surface area contributed by atoms with Gasteiger partial charge in [0, 0.05) is 23.3 Å². The minimum absolute atomic E-state index is 0.0833. The van der Waals surface area contributed by atoms with Crippen LogP contribution in [0.1, 0.15) is 40.8 Å². The number of para-hydroxylation sites is 1. The van der Waals surface area contributed by atoms with Crippen molar-refractivity contribution in [3.63, 3.8) is 0 Å². The van der Waals surface area contributed by atoms with E-state index in [0.717, 1.165) is 22.5 Å². The predicted octanol–water partition coefficient (Wildman–Crippen LogP) is 4.42. The van der Waals surface area contributed by atoms with Gasteiger partial charge in [-0.05, 0) is 24.6 Å². The molecule has 4 nitrogen and oxygen atoms in total. The van der Waals surface area contributed by atoms with E-state index in [0.29, 0.717) is 5.56 Å². The molecule has 2 aromatic carbocycles. The zero-order valence-corrected chi connectivity index (χ0v) is 14.2. The minimum atomic E-state index is -0.112. The summed E-state index contributed by atoms with van der Waals surface area (Å²) in [6, 6.07) is 16.3. The van der Waals surface area contributed by atoms with Crippen LogP contribution in [0.25, 0.3) is 11.6 Å². The van der Waals surface area contributed by atoms with Gasteiger partial charge in [-0.15, -0.1) is 0 Å². The Morgan fingerprint density at radius 2 is 1.80 bits per heavy atom. The van der Waals surface area contributed by atoms with Gasteiger partial charge in [-0.25, -0.2) is 0 Å². The summed E-state index contributed by atoms with van der Waals surface area (Å²) < 4.78 is 0. The average molecular weight is 329 g/mol. The molecule has 1 unspecified atom stereocenters. The van der Waals surface area contributed by atoms with Crippen LogP contribution in [0.4, 0.5) is 5.69 Å². The van der Waals surface area contributed by atoms with Gasteiger partial charge in [0.25, 0.3) is 5.56 Å². The zero-order valence-electron chi connectivity index (χ0n) is 14.2. The highest BCUT2D eigenvalue weighted by Gasteiger charge is 2.18. The number of aryl methyl sites for hydroxylation is 1. The van der Waals surface area contributed by atoms with Gasteiger partial charge in [0.1, 0.15) is 0 Å². The molecule has 0 radical (unpaired) electrons. The maximum absolute atomic E-state index is 12.4. The van der Waals surface area contributed by atoms with E-state index in [9.17, 15) is 4.79 Å². The van der Waals surface area contributed by atoms with Crippen molar-refractivity contribution in [1.82, 2.24) is 10.2 Å². The fourth-order valence-corrected chi connectivity index (χ4v) is 3.20. The average Bonchev–Trinajstić information content (AvgIpc) is 3.20. The van der Waals surface area contributed by atoms with E-state index in [4.69, 9.17) is 0 Å². The van der Waals surface area contributed by atoms with Gasteiger partial charge in [0.2, 0.25) is 0 Å². The van der Waals surface area contributed by atoms with Crippen LogP contribution in [0.2, 0.25) is 0 Å². The van der Waals surface area contributed by atoms with Crippen LogP contribution in [0.3, 0.4) is 0 Å². The number of hydrogen-bond acceptors (Lipinski definition) is 2. The number of hydrogen-bond donors (Lipinski definition) is 2. The van der Waals surface area contributed by atoms with Crippen molar-refractivity contribution in [2.75, 3.05) is 0 Å². The first kappa shape index (κ1) is 15.4. The number of aliphatic imine (C=N–C) groups is 1. The molecule has 3 aromatic rings. The smallest absolute Gasteiger partial charge is 0.271 e. The van der Waals surface area contributed by atoms with Crippen molar-refractivity contribution in [3.8, 4) is 0 Å². The van der Waals surface area contributed by atoms with Gasteiger partial charge < -0.3 is 5.10 Å². The molecular weight excluding hydrogens is 310 g/mol. The van der Waals surface area contributed by atoms with Crippen molar-refractivity contribution in [2.45, 2.75) is 19.8 Å². The number of allylic oxidation sites excluding steroid dienone is 1. The molecule has 0 saturated heterocycles. The summed E-state index contributed by atoms with van der Waals surface area (Å²) in [4.78, 5) is 16.8. The maximum Gasteiger partial charge on any atom is 0.271 e. The molecule has 2 heterocycles. The molecular formula is C21H19N3O. The van der Waals surface area contributed by atoms with Crippen molar-refractivity contribution < 1.29 is 0 Å². The number of nitrogens with zero attached hydrogens (tertiary/aromatic N) is 1. The van der Waals surface area contributed by atoms with Gasteiger partial charge in [-0.2, -0.15) is 0 Å². The summed E-state index contributed by atoms with van der Waals surface area (Å²) in [5.41, 5.74) is 6.77.